The molecule has 0 bridgehead atoms. The fourth-order valence-electron chi connectivity index (χ4n) is 6.72. The largest absolute Gasteiger partial charge is 0.376 e. The lowest BCUT2D eigenvalue weighted by atomic mass is 9.91. The highest BCUT2D eigenvalue weighted by Gasteiger charge is 2.39. The van der Waals surface area contributed by atoms with Crippen molar-refractivity contribution in [3.8, 4) is 0 Å². The van der Waals surface area contributed by atoms with Crippen LogP contribution in [0.1, 0.15) is 56.7 Å². The fourth-order valence-corrected chi connectivity index (χ4v) is 6.72. The summed E-state index contributed by atoms with van der Waals surface area (Å²) in [5.74, 6) is 0.686. The zero-order valence-electron chi connectivity index (χ0n) is 24.4. The van der Waals surface area contributed by atoms with Crippen molar-refractivity contribution in [1.29, 1.82) is 0 Å². The van der Waals surface area contributed by atoms with Crippen LogP contribution in [0.15, 0.2) is 54.9 Å². The van der Waals surface area contributed by atoms with Crippen molar-refractivity contribution in [3.05, 3.63) is 77.6 Å². The highest BCUT2D eigenvalue weighted by atomic mass is 19.1. The molecule has 2 aromatic carbocycles. The summed E-state index contributed by atoms with van der Waals surface area (Å²) in [4.78, 5) is 9.80. The fraction of sp³-hybridized carbons (Fsp3) is 0.452. The van der Waals surface area contributed by atoms with E-state index in [9.17, 15) is 8.78 Å². The lowest BCUT2D eigenvalue weighted by molar-refractivity contribution is 0.0944. The Hall–Kier alpha value is -4.03. The van der Waals surface area contributed by atoms with Crippen LogP contribution in [-0.2, 0) is 11.3 Å². The molecule has 10 nitrogen and oxygen atoms in total. The maximum atomic E-state index is 14.0. The molecule has 2 fully saturated rings. The molecule has 0 spiro atoms. The second kappa shape index (κ2) is 11.6. The van der Waals surface area contributed by atoms with Gasteiger partial charge in [0.25, 0.3) is 5.78 Å². The van der Waals surface area contributed by atoms with Crippen molar-refractivity contribution in [3.63, 3.8) is 0 Å². The van der Waals surface area contributed by atoms with Gasteiger partial charge in [-0.15, -0.1) is 15.3 Å². The van der Waals surface area contributed by atoms with E-state index in [1.165, 1.54) is 24.3 Å². The third-order valence-corrected chi connectivity index (χ3v) is 8.94. The van der Waals surface area contributed by atoms with Crippen LogP contribution in [0, 0.1) is 11.6 Å². The van der Waals surface area contributed by atoms with Crippen molar-refractivity contribution in [1.82, 2.24) is 39.5 Å². The molecule has 43 heavy (non-hydrogen) atoms. The lowest BCUT2D eigenvalue weighted by Crippen LogP contribution is -2.59. The second-order valence-corrected chi connectivity index (χ2v) is 11.5. The average Bonchev–Trinajstić information content (AvgIpc) is 3.80. The van der Waals surface area contributed by atoms with Gasteiger partial charge < -0.3 is 9.64 Å². The van der Waals surface area contributed by atoms with Crippen LogP contribution in [0.2, 0.25) is 0 Å². The zero-order valence-corrected chi connectivity index (χ0v) is 24.4. The van der Waals surface area contributed by atoms with Crippen molar-refractivity contribution in [2.75, 3.05) is 24.6 Å². The van der Waals surface area contributed by atoms with Crippen molar-refractivity contribution in [2.24, 2.45) is 0 Å². The SMILES string of the molecule is CC[C@H]1CN(C(c2ccc(F)cc2)c2ccc(F)cc2)[C@H](CC)CN1c1nc2nncn2c2c1nnn2C[C@@H]1CCCO1. The Balaban J connectivity index is 1.28. The molecule has 0 N–H and O–H groups in total. The number of benzene rings is 2. The third-order valence-electron chi connectivity index (χ3n) is 8.94. The molecule has 0 saturated carbocycles. The van der Waals surface area contributed by atoms with E-state index >= 15 is 0 Å². The maximum absolute atomic E-state index is 14.0. The first-order valence-corrected chi connectivity index (χ1v) is 15.1. The minimum atomic E-state index is -0.281. The summed E-state index contributed by atoms with van der Waals surface area (Å²) in [5, 5.41) is 17.6. The minimum absolute atomic E-state index is 0.0931. The molecule has 0 amide bonds. The van der Waals surface area contributed by atoms with Gasteiger partial charge in [0.05, 0.1) is 18.7 Å². The summed E-state index contributed by atoms with van der Waals surface area (Å²) in [6.07, 6.45) is 5.52. The van der Waals surface area contributed by atoms with Crippen LogP contribution in [-0.4, -0.2) is 77.4 Å². The minimum Gasteiger partial charge on any atom is -0.376 e. The first-order chi connectivity index (χ1) is 21.0. The van der Waals surface area contributed by atoms with E-state index in [2.05, 4.69) is 44.2 Å². The summed E-state index contributed by atoms with van der Waals surface area (Å²) in [5.41, 5.74) is 3.46. The Morgan fingerprint density at radius 2 is 1.60 bits per heavy atom. The van der Waals surface area contributed by atoms with Crippen molar-refractivity contribution < 1.29 is 13.5 Å². The summed E-state index contributed by atoms with van der Waals surface area (Å²) >= 11 is 0. The summed E-state index contributed by atoms with van der Waals surface area (Å²) in [7, 11) is 0. The number of halogens is 2. The van der Waals surface area contributed by atoms with Gasteiger partial charge in [0.2, 0.25) is 0 Å². The number of ether oxygens (including phenoxy) is 1. The Labute approximate surface area is 248 Å². The highest BCUT2D eigenvalue weighted by molar-refractivity contribution is 5.85. The number of nitrogens with zero attached hydrogens (tertiary/aromatic N) is 9. The number of hydrogen-bond donors (Lipinski definition) is 0. The maximum Gasteiger partial charge on any atom is 0.258 e. The van der Waals surface area contributed by atoms with Gasteiger partial charge in [-0.1, -0.05) is 43.3 Å². The van der Waals surface area contributed by atoms with Crippen molar-refractivity contribution >= 4 is 22.8 Å². The molecule has 2 aliphatic heterocycles. The highest BCUT2D eigenvalue weighted by Crippen LogP contribution is 2.37. The van der Waals surface area contributed by atoms with Gasteiger partial charge in [-0.05, 0) is 61.1 Å². The molecule has 0 radical (unpaired) electrons. The first kappa shape index (κ1) is 27.8. The summed E-state index contributed by atoms with van der Waals surface area (Å²) < 4.78 is 37.6. The predicted molar refractivity (Wildman–Crippen MR) is 158 cm³/mol. The summed E-state index contributed by atoms with van der Waals surface area (Å²) in [6, 6.07) is 13.4. The van der Waals surface area contributed by atoms with Crippen LogP contribution >= 0.6 is 0 Å². The lowest BCUT2D eigenvalue weighted by Gasteiger charge is -2.49. The molecule has 5 aromatic rings. The number of fused-ring (bicyclic) bond motifs is 3. The van der Waals surface area contributed by atoms with E-state index in [-0.39, 0.29) is 35.9 Å². The normalized spacial score (nSPS) is 21.5. The van der Waals surface area contributed by atoms with E-state index in [4.69, 9.17) is 9.72 Å². The van der Waals surface area contributed by atoms with Crippen LogP contribution < -0.4 is 4.90 Å². The number of anilines is 1. The number of hydrogen-bond acceptors (Lipinski definition) is 8. The van der Waals surface area contributed by atoms with Crippen LogP contribution in [0.3, 0.4) is 0 Å². The number of piperazine rings is 1. The van der Waals surface area contributed by atoms with E-state index in [0.717, 1.165) is 61.4 Å². The average molecular weight is 588 g/mol. The van der Waals surface area contributed by atoms with Crippen LogP contribution in [0.25, 0.3) is 16.9 Å². The van der Waals surface area contributed by atoms with Crippen LogP contribution in [0.5, 0.6) is 0 Å². The topological polar surface area (TPSA) is 89.5 Å². The number of rotatable bonds is 8. The number of aromatic nitrogens is 7. The molecular formula is C31H35F2N9O. The van der Waals surface area contributed by atoms with Gasteiger partial charge in [-0.25, -0.2) is 17.9 Å². The Morgan fingerprint density at radius 3 is 2.23 bits per heavy atom. The molecule has 0 unspecified atom stereocenters. The smallest absolute Gasteiger partial charge is 0.258 e. The molecule has 7 rings (SSSR count). The van der Waals surface area contributed by atoms with Gasteiger partial charge in [0.1, 0.15) is 18.0 Å². The Bertz CT molecular complexity index is 1650. The second-order valence-electron chi connectivity index (χ2n) is 11.5. The van der Waals surface area contributed by atoms with Gasteiger partial charge in [0.15, 0.2) is 17.0 Å². The molecule has 2 saturated heterocycles. The molecule has 3 aromatic heterocycles. The molecule has 0 aliphatic carbocycles. The molecular weight excluding hydrogens is 552 g/mol. The molecule has 224 valence electrons. The van der Waals surface area contributed by atoms with Gasteiger partial charge in [-0.2, -0.15) is 4.98 Å². The standard InChI is InChI=1S/C31H35F2N9O/c1-3-24-17-40(29-27-30(41-19-34-37-31(41)35-29)42(38-36-27)18-26-6-5-15-43-26)25(4-2)16-39(24)28(20-7-11-22(32)12-8-20)21-9-13-23(33)14-10-21/h7-14,19,24-26,28H,3-6,15-18H2,1-2H3/t24-,25+,26+/m1/s1. The monoisotopic (exact) mass is 587 g/mol. The molecule has 3 atom stereocenters. The third kappa shape index (κ3) is 5.12. The van der Waals surface area contributed by atoms with Gasteiger partial charge in [0, 0.05) is 31.8 Å². The zero-order chi connectivity index (χ0) is 29.5. The van der Waals surface area contributed by atoms with Crippen LogP contribution in [0.4, 0.5) is 14.6 Å². The van der Waals surface area contributed by atoms with Crippen molar-refractivity contribution in [2.45, 2.75) is 70.3 Å². The summed E-state index contributed by atoms with van der Waals surface area (Å²) in [6.45, 7) is 7.14. The van der Waals surface area contributed by atoms with Gasteiger partial charge >= 0.3 is 0 Å². The Morgan fingerprint density at radius 1 is 0.907 bits per heavy atom. The molecule has 2 aliphatic rings. The molecule has 12 heteroatoms. The van der Waals surface area contributed by atoms with E-state index in [1.54, 1.807) is 6.33 Å². The predicted octanol–water partition coefficient (Wildman–Crippen LogP) is 4.80. The first-order valence-electron chi connectivity index (χ1n) is 15.1. The quantitative estimate of drug-likeness (QED) is 0.256. The van der Waals surface area contributed by atoms with Gasteiger partial charge in [-0.3, -0.25) is 4.90 Å². The Kier molecular flexibility index (Phi) is 7.48. The molecule has 5 heterocycles. The van der Waals surface area contributed by atoms with E-state index in [1.807, 2.05) is 33.3 Å². The van der Waals surface area contributed by atoms with E-state index < -0.39 is 0 Å². The van der Waals surface area contributed by atoms with E-state index in [0.29, 0.717) is 24.4 Å².